The van der Waals surface area contributed by atoms with Gasteiger partial charge in [0.2, 0.25) is 0 Å². The van der Waals surface area contributed by atoms with Crippen molar-refractivity contribution >= 4 is 0 Å². The lowest BCUT2D eigenvalue weighted by molar-refractivity contribution is 0.143. The Morgan fingerprint density at radius 1 is 1.39 bits per heavy atom. The SMILES string of the molecule is Cc1cc(F)ccc1CC1(N)CCCC(C)C1C. The summed E-state index contributed by atoms with van der Waals surface area (Å²) in [7, 11) is 0. The molecule has 3 atom stereocenters. The molecular weight excluding hydrogens is 225 g/mol. The Morgan fingerprint density at radius 2 is 2.11 bits per heavy atom. The minimum atomic E-state index is -0.160. The Labute approximate surface area is 110 Å². The van der Waals surface area contributed by atoms with Crippen molar-refractivity contribution in [3.8, 4) is 0 Å². The van der Waals surface area contributed by atoms with E-state index < -0.39 is 0 Å². The number of nitrogens with two attached hydrogens (primary N) is 1. The van der Waals surface area contributed by atoms with Gasteiger partial charge in [-0.3, -0.25) is 0 Å². The molecule has 0 aromatic heterocycles. The van der Waals surface area contributed by atoms with Gasteiger partial charge in [0.15, 0.2) is 0 Å². The molecule has 0 spiro atoms. The Bertz CT molecular complexity index is 429. The summed E-state index contributed by atoms with van der Waals surface area (Å²) in [4.78, 5) is 0. The van der Waals surface area contributed by atoms with Crippen LogP contribution >= 0.6 is 0 Å². The van der Waals surface area contributed by atoms with Crippen LogP contribution in [0.25, 0.3) is 0 Å². The van der Waals surface area contributed by atoms with E-state index in [2.05, 4.69) is 13.8 Å². The van der Waals surface area contributed by atoms with Gasteiger partial charge in [0.25, 0.3) is 0 Å². The van der Waals surface area contributed by atoms with Gasteiger partial charge in [0, 0.05) is 5.54 Å². The molecule has 100 valence electrons. The number of hydrogen-bond donors (Lipinski definition) is 1. The third kappa shape index (κ3) is 2.59. The molecule has 0 aliphatic heterocycles. The molecule has 1 aliphatic rings. The van der Waals surface area contributed by atoms with Crippen molar-refractivity contribution in [1.29, 1.82) is 0 Å². The molecule has 1 aliphatic carbocycles. The van der Waals surface area contributed by atoms with Gasteiger partial charge in [0.1, 0.15) is 5.82 Å². The maximum absolute atomic E-state index is 13.1. The topological polar surface area (TPSA) is 26.0 Å². The lowest BCUT2D eigenvalue weighted by atomic mass is 9.66. The quantitative estimate of drug-likeness (QED) is 0.847. The molecule has 0 bridgehead atoms. The molecule has 2 rings (SSSR count). The highest BCUT2D eigenvalue weighted by Crippen LogP contribution is 2.38. The first-order valence-electron chi connectivity index (χ1n) is 6.96. The fourth-order valence-electron chi connectivity index (χ4n) is 3.26. The second-order valence-corrected chi connectivity index (χ2v) is 6.14. The zero-order chi connectivity index (χ0) is 13.3. The fourth-order valence-corrected chi connectivity index (χ4v) is 3.26. The highest BCUT2D eigenvalue weighted by Gasteiger charge is 2.38. The number of benzene rings is 1. The van der Waals surface area contributed by atoms with Gasteiger partial charge in [0.05, 0.1) is 0 Å². The molecule has 1 nitrogen and oxygen atoms in total. The van der Waals surface area contributed by atoms with Crippen molar-refractivity contribution in [1.82, 2.24) is 0 Å². The standard InChI is InChI=1S/C16H24FN/c1-11-5-4-8-16(18,13(11)3)10-14-6-7-15(17)9-12(14)2/h6-7,9,11,13H,4-5,8,10,18H2,1-3H3. The summed E-state index contributed by atoms with van der Waals surface area (Å²) >= 11 is 0. The molecule has 0 heterocycles. The van der Waals surface area contributed by atoms with E-state index in [1.54, 1.807) is 12.1 Å². The van der Waals surface area contributed by atoms with E-state index in [4.69, 9.17) is 5.73 Å². The summed E-state index contributed by atoms with van der Waals surface area (Å²) in [6, 6.07) is 5.05. The number of hydrogen-bond acceptors (Lipinski definition) is 1. The third-order valence-electron chi connectivity index (χ3n) is 4.89. The first-order chi connectivity index (χ1) is 8.42. The van der Waals surface area contributed by atoms with Crippen molar-refractivity contribution < 1.29 is 4.39 Å². The minimum Gasteiger partial charge on any atom is -0.325 e. The normalized spacial score (nSPS) is 32.5. The summed E-state index contributed by atoms with van der Waals surface area (Å²) in [5, 5.41) is 0. The number of rotatable bonds is 2. The van der Waals surface area contributed by atoms with Crippen LogP contribution in [0.15, 0.2) is 18.2 Å². The highest BCUT2D eigenvalue weighted by molar-refractivity contribution is 5.28. The largest absolute Gasteiger partial charge is 0.325 e. The maximum atomic E-state index is 13.1. The van der Waals surface area contributed by atoms with E-state index in [9.17, 15) is 4.39 Å². The summed E-state index contributed by atoms with van der Waals surface area (Å²) in [5.74, 6) is 1.05. The molecular formula is C16H24FN. The van der Waals surface area contributed by atoms with E-state index >= 15 is 0 Å². The second kappa shape index (κ2) is 5.00. The molecule has 0 radical (unpaired) electrons. The monoisotopic (exact) mass is 249 g/mol. The van der Waals surface area contributed by atoms with Crippen molar-refractivity contribution in [3.63, 3.8) is 0 Å². The summed E-state index contributed by atoms with van der Waals surface area (Å²) in [6.07, 6.45) is 4.44. The zero-order valence-corrected chi connectivity index (χ0v) is 11.7. The van der Waals surface area contributed by atoms with Crippen LogP contribution in [0.5, 0.6) is 0 Å². The Balaban J connectivity index is 2.21. The smallest absolute Gasteiger partial charge is 0.123 e. The number of halogens is 1. The zero-order valence-electron chi connectivity index (χ0n) is 11.7. The Kier molecular flexibility index (Phi) is 3.76. The first kappa shape index (κ1) is 13.5. The molecule has 2 heteroatoms. The fraction of sp³-hybridized carbons (Fsp3) is 0.625. The van der Waals surface area contributed by atoms with Gasteiger partial charge in [-0.05, 0) is 54.9 Å². The van der Waals surface area contributed by atoms with Crippen LogP contribution in [0.3, 0.4) is 0 Å². The third-order valence-corrected chi connectivity index (χ3v) is 4.89. The van der Waals surface area contributed by atoms with Gasteiger partial charge < -0.3 is 5.73 Å². The lowest BCUT2D eigenvalue weighted by Gasteiger charge is -2.43. The van der Waals surface area contributed by atoms with Crippen molar-refractivity contribution in [3.05, 3.63) is 35.1 Å². The van der Waals surface area contributed by atoms with Crippen LogP contribution in [0.1, 0.15) is 44.2 Å². The molecule has 0 amide bonds. The lowest BCUT2D eigenvalue weighted by Crippen LogP contribution is -2.52. The molecule has 3 unspecified atom stereocenters. The van der Waals surface area contributed by atoms with Gasteiger partial charge in [-0.1, -0.05) is 32.8 Å². The molecule has 0 saturated heterocycles. The molecule has 1 aromatic rings. The van der Waals surface area contributed by atoms with Crippen LogP contribution in [0.2, 0.25) is 0 Å². The van der Waals surface area contributed by atoms with E-state index in [0.717, 1.165) is 18.4 Å². The number of aryl methyl sites for hydroxylation is 1. The molecule has 2 N–H and O–H groups in total. The van der Waals surface area contributed by atoms with Crippen LogP contribution in [-0.4, -0.2) is 5.54 Å². The van der Waals surface area contributed by atoms with E-state index in [0.29, 0.717) is 11.8 Å². The van der Waals surface area contributed by atoms with Gasteiger partial charge in [-0.25, -0.2) is 4.39 Å². The van der Waals surface area contributed by atoms with E-state index in [1.165, 1.54) is 18.4 Å². The predicted molar refractivity (Wildman–Crippen MR) is 73.9 cm³/mol. The van der Waals surface area contributed by atoms with Gasteiger partial charge in [-0.15, -0.1) is 0 Å². The summed E-state index contributed by atoms with van der Waals surface area (Å²) in [5.41, 5.74) is 8.73. The maximum Gasteiger partial charge on any atom is 0.123 e. The van der Waals surface area contributed by atoms with Crippen LogP contribution in [-0.2, 0) is 6.42 Å². The minimum absolute atomic E-state index is 0.125. The first-order valence-corrected chi connectivity index (χ1v) is 6.96. The Hall–Kier alpha value is -0.890. The molecule has 1 saturated carbocycles. The van der Waals surface area contributed by atoms with Crippen molar-refractivity contribution in [2.75, 3.05) is 0 Å². The van der Waals surface area contributed by atoms with Crippen molar-refractivity contribution in [2.45, 2.75) is 52.0 Å². The highest BCUT2D eigenvalue weighted by atomic mass is 19.1. The van der Waals surface area contributed by atoms with Crippen LogP contribution in [0, 0.1) is 24.6 Å². The Morgan fingerprint density at radius 3 is 2.78 bits per heavy atom. The van der Waals surface area contributed by atoms with Crippen LogP contribution in [0.4, 0.5) is 4.39 Å². The average molecular weight is 249 g/mol. The van der Waals surface area contributed by atoms with E-state index in [-0.39, 0.29) is 11.4 Å². The molecule has 18 heavy (non-hydrogen) atoms. The van der Waals surface area contributed by atoms with Crippen LogP contribution < -0.4 is 5.73 Å². The summed E-state index contributed by atoms with van der Waals surface area (Å²) in [6.45, 7) is 6.53. The van der Waals surface area contributed by atoms with Gasteiger partial charge in [-0.2, -0.15) is 0 Å². The molecule has 1 fully saturated rings. The summed E-state index contributed by atoms with van der Waals surface area (Å²) < 4.78 is 13.1. The van der Waals surface area contributed by atoms with E-state index in [1.807, 2.05) is 13.0 Å². The van der Waals surface area contributed by atoms with Crippen molar-refractivity contribution in [2.24, 2.45) is 17.6 Å². The average Bonchev–Trinajstić information content (AvgIpc) is 2.30. The predicted octanol–water partition coefficient (Wildman–Crippen LogP) is 3.83. The van der Waals surface area contributed by atoms with Gasteiger partial charge >= 0.3 is 0 Å². The second-order valence-electron chi connectivity index (χ2n) is 6.14. The molecule has 1 aromatic carbocycles.